The van der Waals surface area contributed by atoms with Crippen LogP contribution in [0.5, 0.6) is 5.75 Å². The zero-order valence-corrected chi connectivity index (χ0v) is 19.3. The van der Waals surface area contributed by atoms with E-state index < -0.39 is 0 Å². The molecule has 0 aliphatic carbocycles. The van der Waals surface area contributed by atoms with Crippen LogP contribution >= 0.6 is 11.8 Å². The van der Waals surface area contributed by atoms with Crippen LogP contribution in [0.25, 0.3) is 0 Å². The number of hydrogen-bond acceptors (Lipinski definition) is 7. The third kappa shape index (κ3) is 6.10. The molecule has 0 bridgehead atoms. The lowest BCUT2D eigenvalue weighted by molar-refractivity contribution is -0.113. The highest BCUT2D eigenvalue weighted by molar-refractivity contribution is 7.99. The molecule has 1 unspecified atom stereocenters. The van der Waals surface area contributed by atoms with Gasteiger partial charge >= 0.3 is 5.97 Å². The van der Waals surface area contributed by atoms with Crippen LogP contribution in [0.4, 0.5) is 5.69 Å². The molecule has 1 amide bonds. The molecule has 8 nitrogen and oxygen atoms in total. The highest BCUT2D eigenvalue weighted by Crippen LogP contribution is 2.24. The summed E-state index contributed by atoms with van der Waals surface area (Å²) in [6, 6.07) is 14.4. The number of benzene rings is 2. The summed E-state index contributed by atoms with van der Waals surface area (Å²) in [6.07, 6.45) is -0.295. The molecular weight excluding hydrogens is 428 g/mol. The van der Waals surface area contributed by atoms with Gasteiger partial charge in [0, 0.05) is 12.7 Å². The molecule has 0 spiro atoms. The summed E-state index contributed by atoms with van der Waals surface area (Å²) in [5.74, 6) is 1.02. The maximum absolute atomic E-state index is 12.3. The molecule has 0 saturated carbocycles. The van der Waals surface area contributed by atoms with Gasteiger partial charge in [-0.3, -0.25) is 4.79 Å². The van der Waals surface area contributed by atoms with Crippen LogP contribution in [-0.4, -0.2) is 39.0 Å². The van der Waals surface area contributed by atoms with Gasteiger partial charge in [-0.05, 0) is 57.2 Å². The second-order valence-electron chi connectivity index (χ2n) is 7.11. The summed E-state index contributed by atoms with van der Waals surface area (Å²) >= 11 is 1.28. The number of amides is 1. The zero-order chi connectivity index (χ0) is 23.1. The van der Waals surface area contributed by atoms with Crippen LogP contribution < -0.4 is 10.1 Å². The molecule has 3 rings (SSSR count). The zero-order valence-electron chi connectivity index (χ0n) is 18.5. The van der Waals surface area contributed by atoms with Gasteiger partial charge in [0.1, 0.15) is 5.75 Å². The van der Waals surface area contributed by atoms with E-state index in [1.807, 2.05) is 49.7 Å². The number of ether oxygens (including phenoxy) is 2. The molecule has 1 heterocycles. The Morgan fingerprint density at radius 2 is 1.78 bits per heavy atom. The number of nitrogens with zero attached hydrogens (tertiary/aromatic N) is 3. The largest absolute Gasteiger partial charge is 0.483 e. The fourth-order valence-electron chi connectivity index (χ4n) is 2.91. The third-order valence-corrected chi connectivity index (χ3v) is 5.60. The number of rotatable bonds is 9. The summed E-state index contributed by atoms with van der Waals surface area (Å²) in [6.45, 7) is 6.00. The van der Waals surface area contributed by atoms with Crippen molar-refractivity contribution in [3.05, 3.63) is 65.5 Å². The molecule has 1 aromatic heterocycles. The van der Waals surface area contributed by atoms with Crippen LogP contribution in [0.3, 0.4) is 0 Å². The summed E-state index contributed by atoms with van der Waals surface area (Å²) in [5.41, 5.74) is 2.20. The highest BCUT2D eigenvalue weighted by atomic mass is 32.2. The fraction of sp³-hybridized carbons (Fsp3) is 0.304. The number of carbonyl (C=O) groups is 2. The van der Waals surface area contributed by atoms with Crippen molar-refractivity contribution in [2.75, 3.05) is 17.7 Å². The van der Waals surface area contributed by atoms with Crippen molar-refractivity contribution in [2.45, 2.75) is 32.0 Å². The summed E-state index contributed by atoms with van der Waals surface area (Å²) in [4.78, 5) is 24.0. The average molecular weight is 455 g/mol. The van der Waals surface area contributed by atoms with Crippen molar-refractivity contribution in [2.24, 2.45) is 7.05 Å². The molecule has 9 heteroatoms. The van der Waals surface area contributed by atoms with Crippen molar-refractivity contribution in [3.63, 3.8) is 0 Å². The van der Waals surface area contributed by atoms with Crippen molar-refractivity contribution in [1.29, 1.82) is 0 Å². The molecule has 0 saturated heterocycles. The maximum atomic E-state index is 12.3. The van der Waals surface area contributed by atoms with E-state index in [0.717, 1.165) is 11.3 Å². The van der Waals surface area contributed by atoms with Crippen molar-refractivity contribution >= 4 is 29.3 Å². The van der Waals surface area contributed by atoms with Gasteiger partial charge in [0.15, 0.2) is 17.1 Å². The van der Waals surface area contributed by atoms with E-state index in [0.29, 0.717) is 28.8 Å². The minimum absolute atomic E-state index is 0.165. The normalized spacial score (nSPS) is 11.6. The smallest absolute Gasteiger partial charge is 0.338 e. The van der Waals surface area contributed by atoms with Crippen LogP contribution in [0, 0.1) is 6.92 Å². The number of aromatic nitrogens is 3. The molecule has 0 fully saturated rings. The molecule has 168 valence electrons. The van der Waals surface area contributed by atoms with Gasteiger partial charge in [-0.1, -0.05) is 29.5 Å². The minimum Gasteiger partial charge on any atom is -0.483 e. The first-order valence-corrected chi connectivity index (χ1v) is 11.2. The van der Waals surface area contributed by atoms with Crippen molar-refractivity contribution in [1.82, 2.24) is 14.8 Å². The van der Waals surface area contributed by atoms with Crippen LogP contribution in [0.2, 0.25) is 0 Å². The Morgan fingerprint density at radius 3 is 2.44 bits per heavy atom. The maximum Gasteiger partial charge on any atom is 0.338 e. The predicted octanol–water partition coefficient (Wildman–Crippen LogP) is 4.17. The first-order chi connectivity index (χ1) is 15.4. The van der Waals surface area contributed by atoms with E-state index in [1.165, 1.54) is 11.8 Å². The number of aryl methyl sites for hydroxylation is 1. The molecule has 32 heavy (non-hydrogen) atoms. The van der Waals surface area contributed by atoms with E-state index in [4.69, 9.17) is 9.47 Å². The Labute approximate surface area is 191 Å². The number of carbonyl (C=O) groups excluding carboxylic acids is 2. The average Bonchev–Trinajstić information content (AvgIpc) is 3.15. The minimum atomic E-state index is -0.389. The second kappa shape index (κ2) is 10.8. The van der Waals surface area contributed by atoms with Gasteiger partial charge in [0.05, 0.1) is 17.9 Å². The molecule has 0 radical (unpaired) electrons. The molecule has 1 atom stereocenters. The van der Waals surface area contributed by atoms with Gasteiger partial charge in [0.25, 0.3) is 0 Å². The summed E-state index contributed by atoms with van der Waals surface area (Å²) < 4.78 is 12.7. The highest BCUT2D eigenvalue weighted by Gasteiger charge is 2.18. The van der Waals surface area contributed by atoms with E-state index >= 15 is 0 Å². The Bertz CT molecular complexity index is 1060. The van der Waals surface area contributed by atoms with E-state index in [-0.39, 0.29) is 23.7 Å². The lowest BCUT2D eigenvalue weighted by Crippen LogP contribution is -2.15. The van der Waals surface area contributed by atoms with Gasteiger partial charge in [-0.2, -0.15) is 0 Å². The topological polar surface area (TPSA) is 95.3 Å². The van der Waals surface area contributed by atoms with Gasteiger partial charge in [-0.15, -0.1) is 10.2 Å². The molecule has 0 aliphatic rings. The fourth-order valence-corrected chi connectivity index (χ4v) is 3.63. The second-order valence-corrected chi connectivity index (χ2v) is 8.05. The Morgan fingerprint density at radius 1 is 1.09 bits per heavy atom. The quantitative estimate of drug-likeness (QED) is 0.383. The SMILES string of the molecule is CCOC(=O)c1ccc(NC(=O)CSc2nnc(C(C)Oc3ccc(C)cc3)n2C)cc1. The Balaban J connectivity index is 1.53. The molecular formula is C23H26N4O4S. The van der Waals surface area contributed by atoms with Crippen molar-refractivity contribution < 1.29 is 19.1 Å². The summed E-state index contributed by atoms with van der Waals surface area (Å²) in [5, 5.41) is 11.8. The number of hydrogen-bond donors (Lipinski definition) is 1. The first-order valence-electron chi connectivity index (χ1n) is 10.2. The monoisotopic (exact) mass is 454 g/mol. The van der Waals surface area contributed by atoms with E-state index in [9.17, 15) is 9.59 Å². The van der Waals surface area contributed by atoms with Gasteiger partial charge in [-0.25, -0.2) is 4.79 Å². The van der Waals surface area contributed by atoms with Gasteiger partial charge < -0.3 is 19.4 Å². The predicted molar refractivity (Wildman–Crippen MR) is 123 cm³/mol. The molecule has 1 N–H and O–H groups in total. The number of anilines is 1. The lowest BCUT2D eigenvalue weighted by atomic mass is 10.2. The van der Waals surface area contributed by atoms with Gasteiger partial charge in [0.2, 0.25) is 5.91 Å². The van der Waals surface area contributed by atoms with Crippen molar-refractivity contribution in [3.8, 4) is 5.75 Å². The first kappa shape index (κ1) is 23.3. The van der Waals surface area contributed by atoms with Crippen LogP contribution in [-0.2, 0) is 16.6 Å². The number of thioether (sulfide) groups is 1. The Kier molecular flexibility index (Phi) is 7.88. The molecule has 2 aromatic carbocycles. The van der Waals surface area contributed by atoms with Crippen LogP contribution in [0.15, 0.2) is 53.7 Å². The van der Waals surface area contributed by atoms with Crippen LogP contribution in [0.1, 0.15) is 41.7 Å². The number of esters is 1. The summed E-state index contributed by atoms with van der Waals surface area (Å²) in [7, 11) is 1.85. The molecule has 0 aliphatic heterocycles. The van der Waals surface area contributed by atoms with E-state index in [2.05, 4.69) is 15.5 Å². The Hall–Kier alpha value is -3.33. The third-order valence-electron chi connectivity index (χ3n) is 4.58. The standard InChI is InChI=1S/C23H26N4O4S/c1-5-30-22(29)17-8-10-18(11-9-17)24-20(28)14-32-23-26-25-21(27(23)4)16(3)31-19-12-6-15(2)7-13-19/h6-13,16H,5,14H2,1-4H3,(H,24,28). The lowest BCUT2D eigenvalue weighted by Gasteiger charge is -2.14. The number of nitrogens with one attached hydrogen (secondary N) is 1. The van der Waals surface area contributed by atoms with E-state index in [1.54, 1.807) is 31.2 Å². The molecule has 3 aromatic rings.